The third-order valence-electron chi connectivity index (χ3n) is 4.28. The van der Waals surface area contributed by atoms with E-state index in [1.54, 1.807) is 0 Å². The summed E-state index contributed by atoms with van der Waals surface area (Å²) in [5.41, 5.74) is 1.50. The van der Waals surface area contributed by atoms with Crippen molar-refractivity contribution >= 4 is 61.2 Å². The summed E-state index contributed by atoms with van der Waals surface area (Å²) in [4.78, 5) is 26.6. The lowest BCUT2D eigenvalue weighted by Crippen LogP contribution is -2.13. The largest absolute Gasteiger partial charge is 0.465 e. The predicted octanol–water partition coefficient (Wildman–Crippen LogP) is 5.14. The first-order chi connectivity index (χ1) is 12.1. The van der Waals surface area contributed by atoms with Crippen molar-refractivity contribution in [2.45, 2.75) is 19.3 Å². The molecule has 0 fully saturated rings. The maximum atomic E-state index is 12.8. The number of ether oxygens (including phenoxy) is 1. The number of halogens is 1. The summed E-state index contributed by atoms with van der Waals surface area (Å²) in [5.74, 6) is -0.701. The number of anilines is 1. The Bertz CT molecular complexity index is 1010. The maximum Gasteiger partial charge on any atom is 0.341 e. The number of hydrogen-bond acceptors (Lipinski definition) is 5. The van der Waals surface area contributed by atoms with Crippen molar-refractivity contribution in [2.75, 3.05) is 12.4 Å². The smallest absolute Gasteiger partial charge is 0.341 e. The van der Waals surface area contributed by atoms with Gasteiger partial charge in [-0.15, -0.1) is 22.7 Å². The van der Waals surface area contributed by atoms with E-state index >= 15 is 0 Å². The van der Waals surface area contributed by atoms with Crippen molar-refractivity contribution in [3.63, 3.8) is 0 Å². The fourth-order valence-corrected chi connectivity index (χ4v) is 5.81. The number of methoxy groups -OCH3 is 1. The number of esters is 1. The van der Waals surface area contributed by atoms with E-state index in [2.05, 4.69) is 5.32 Å². The van der Waals surface area contributed by atoms with Gasteiger partial charge in [0.05, 0.1) is 17.7 Å². The number of fused-ring (bicyclic) bond motifs is 2. The second-order valence-electron chi connectivity index (χ2n) is 5.75. The van der Waals surface area contributed by atoms with E-state index < -0.39 is 5.97 Å². The normalized spacial score (nSPS) is 13.0. The molecule has 2 heterocycles. The number of aryl methyl sites for hydroxylation is 1. The monoisotopic (exact) mass is 391 g/mol. The van der Waals surface area contributed by atoms with E-state index in [9.17, 15) is 9.59 Å². The van der Waals surface area contributed by atoms with E-state index in [-0.39, 0.29) is 5.91 Å². The summed E-state index contributed by atoms with van der Waals surface area (Å²) >= 11 is 9.19. The van der Waals surface area contributed by atoms with Crippen molar-refractivity contribution in [3.8, 4) is 0 Å². The molecule has 4 rings (SSSR count). The number of amides is 1. The van der Waals surface area contributed by atoms with Gasteiger partial charge in [-0.05, 0) is 30.9 Å². The highest BCUT2D eigenvalue weighted by Crippen LogP contribution is 2.41. The number of nitrogens with one attached hydrogen (secondary N) is 1. The summed E-state index contributed by atoms with van der Waals surface area (Å²) in [5, 5.41) is 4.74. The van der Waals surface area contributed by atoms with Gasteiger partial charge >= 0.3 is 5.97 Å². The standard InChI is InChI=1S/C18H14ClNO3S2/c1-23-18(22)13-9-6-4-8-11(9)25-17(13)20-16(21)15-14(19)10-5-2-3-7-12(10)24-15/h2-3,5,7H,4,6,8H2,1H3,(H,20,21). The summed E-state index contributed by atoms with van der Waals surface area (Å²) in [6.45, 7) is 0. The first-order valence-corrected chi connectivity index (χ1v) is 9.82. The predicted molar refractivity (Wildman–Crippen MR) is 102 cm³/mol. The number of carbonyl (C=O) groups is 2. The Balaban J connectivity index is 1.71. The molecule has 0 atom stereocenters. The summed E-state index contributed by atoms with van der Waals surface area (Å²) in [6, 6.07) is 7.63. The Morgan fingerprint density at radius 1 is 1.20 bits per heavy atom. The summed E-state index contributed by atoms with van der Waals surface area (Å²) < 4.78 is 5.87. The SMILES string of the molecule is COC(=O)c1c(NC(=O)c2sc3ccccc3c2Cl)sc2c1CCC2. The molecule has 0 unspecified atom stereocenters. The number of rotatable bonds is 3. The second-order valence-corrected chi connectivity index (χ2v) is 8.28. The topological polar surface area (TPSA) is 55.4 Å². The average Bonchev–Trinajstić information content (AvgIpc) is 3.28. The fourth-order valence-electron chi connectivity index (χ4n) is 3.13. The lowest BCUT2D eigenvalue weighted by atomic mass is 10.1. The second kappa shape index (κ2) is 6.44. The lowest BCUT2D eigenvalue weighted by molar-refractivity contribution is 0.0601. The number of thiophene rings is 2. The molecule has 0 saturated carbocycles. The van der Waals surface area contributed by atoms with Crippen LogP contribution in [0.5, 0.6) is 0 Å². The van der Waals surface area contributed by atoms with Crippen LogP contribution in [-0.4, -0.2) is 19.0 Å². The molecule has 0 aliphatic heterocycles. The van der Waals surface area contributed by atoms with Crippen LogP contribution in [0.15, 0.2) is 24.3 Å². The minimum atomic E-state index is -0.405. The van der Waals surface area contributed by atoms with Crippen LogP contribution in [0.25, 0.3) is 10.1 Å². The van der Waals surface area contributed by atoms with Gasteiger partial charge in [-0.25, -0.2) is 4.79 Å². The molecule has 1 aromatic carbocycles. The van der Waals surface area contributed by atoms with E-state index in [0.29, 0.717) is 20.5 Å². The van der Waals surface area contributed by atoms with E-state index in [1.807, 2.05) is 24.3 Å². The van der Waals surface area contributed by atoms with E-state index in [4.69, 9.17) is 16.3 Å². The minimum Gasteiger partial charge on any atom is -0.465 e. The molecule has 128 valence electrons. The summed E-state index contributed by atoms with van der Waals surface area (Å²) in [7, 11) is 1.36. The highest BCUT2D eigenvalue weighted by molar-refractivity contribution is 7.22. The zero-order valence-corrected chi connectivity index (χ0v) is 15.7. The van der Waals surface area contributed by atoms with Gasteiger partial charge in [0.25, 0.3) is 5.91 Å². The molecule has 4 nitrogen and oxygen atoms in total. The molecular formula is C18H14ClNO3S2. The third-order valence-corrected chi connectivity index (χ3v) is 7.16. The van der Waals surface area contributed by atoms with Crippen LogP contribution < -0.4 is 5.32 Å². The average molecular weight is 392 g/mol. The van der Waals surface area contributed by atoms with Crippen molar-refractivity contribution in [2.24, 2.45) is 0 Å². The molecule has 2 aromatic heterocycles. The molecule has 3 aromatic rings. The molecule has 1 N–H and O–H groups in total. The third kappa shape index (κ3) is 2.74. The minimum absolute atomic E-state index is 0.295. The number of hydrogen-bond donors (Lipinski definition) is 1. The number of carbonyl (C=O) groups excluding carboxylic acids is 2. The molecule has 1 amide bonds. The highest BCUT2D eigenvalue weighted by Gasteiger charge is 2.29. The zero-order chi connectivity index (χ0) is 17.6. The van der Waals surface area contributed by atoms with Crippen LogP contribution in [-0.2, 0) is 17.6 Å². The van der Waals surface area contributed by atoms with Crippen LogP contribution in [0.1, 0.15) is 36.9 Å². The first-order valence-electron chi connectivity index (χ1n) is 7.81. The maximum absolute atomic E-state index is 12.8. The molecule has 0 radical (unpaired) electrons. The van der Waals surface area contributed by atoms with Crippen molar-refractivity contribution < 1.29 is 14.3 Å². The van der Waals surface area contributed by atoms with Crippen LogP contribution in [0.2, 0.25) is 5.02 Å². The molecule has 7 heteroatoms. The van der Waals surface area contributed by atoms with Gasteiger partial charge in [-0.1, -0.05) is 29.8 Å². The lowest BCUT2D eigenvalue weighted by Gasteiger charge is -2.06. The molecule has 1 aliphatic carbocycles. The van der Waals surface area contributed by atoms with Crippen LogP contribution >= 0.6 is 34.3 Å². The van der Waals surface area contributed by atoms with Crippen molar-refractivity contribution in [3.05, 3.63) is 50.2 Å². The molecule has 25 heavy (non-hydrogen) atoms. The van der Waals surface area contributed by atoms with Gasteiger partial charge in [0.2, 0.25) is 0 Å². The molecule has 1 aliphatic rings. The van der Waals surface area contributed by atoms with Gasteiger partial charge < -0.3 is 10.1 Å². The molecule has 0 bridgehead atoms. The number of benzene rings is 1. The summed E-state index contributed by atoms with van der Waals surface area (Å²) in [6.07, 6.45) is 2.81. The molecular weight excluding hydrogens is 378 g/mol. The Morgan fingerprint density at radius 3 is 2.76 bits per heavy atom. The van der Waals surface area contributed by atoms with Crippen LogP contribution in [0.3, 0.4) is 0 Å². The first kappa shape index (κ1) is 16.6. The fraction of sp³-hybridized carbons (Fsp3) is 0.222. The highest BCUT2D eigenvalue weighted by atomic mass is 35.5. The Kier molecular flexibility index (Phi) is 4.27. The van der Waals surface area contributed by atoms with Crippen LogP contribution in [0, 0.1) is 0 Å². The van der Waals surface area contributed by atoms with Gasteiger partial charge in [0, 0.05) is 15.0 Å². The van der Waals surface area contributed by atoms with Gasteiger partial charge in [0.1, 0.15) is 9.88 Å². The van der Waals surface area contributed by atoms with Crippen molar-refractivity contribution in [1.29, 1.82) is 0 Å². The van der Waals surface area contributed by atoms with Crippen molar-refractivity contribution in [1.82, 2.24) is 0 Å². The molecule has 0 spiro atoms. The van der Waals surface area contributed by atoms with Gasteiger partial charge in [-0.2, -0.15) is 0 Å². The quantitative estimate of drug-likeness (QED) is 0.628. The van der Waals surface area contributed by atoms with Crippen LogP contribution in [0.4, 0.5) is 5.00 Å². The Labute approximate surface area is 157 Å². The van der Waals surface area contributed by atoms with E-state index in [0.717, 1.165) is 39.8 Å². The zero-order valence-electron chi connectivity index (χ0n) is 13.3. The Morgan fingerprint density at radius 2 is 2.00 bits per heavy atom. The van der Waals surface area contributed by atoms with Gasteiger partial charge in [-0.3, -0.25) is 4.79 Å². The van der Waals surface area contributed by atoms with E-state index in [1.165, 1.54) is 29.8 Å². The van der Waals surface area contributed by atoms with Gasteiger partial charge in [0.15, 0.2) is 0 Å². The Hall–Kier alpha value is -1.89. The molecule has 0 saturated heterocycles.